The molecule has 0 atom stereocenters. The number of carbonyl (C=O) groups is 3. The molecule has 0 bridgehead atoms. The van der Waals surface area contributed by atoms with E-state index < -0.39 is 11.9 Å². The molecule has 1 aliphatic rings. The summed E-state index contributed by atoms with van der Waals surface area (Å²) < 4.78 is 0. The number of hydrogen-bond acceptors (Lipinski definition) is 5. The summed E-state index contributed by atoms with van der Waals surface area (Å²) in [6.07, 6.45) is 6.57. The molecule has 1 fully saturated rings. The maximum atomic E-state index is 12.7. The molecule has 1 amide bonds. The van der Waals surface area contributed by atoms with Gasteiger partial charge < -0.3 is 15.5 Å². The average molecular weight is 430 g/mol. The van der Waals surface area contributed by atoms with Crippen LogP contribution >= 0.6 is 0 Å². The molecular weight excluding hydrogens is 398 g/mol. The van der Waals surface area contributed by atoms with Gasteiger partial charge in [-0.2, -0.15) is 0 Å². The number of carboxylic acids is 2. The van der Waals surface area contributed by atoms with E-state index in [-0.39, 0.29) is 5.91 Å². The first-order valence-electron chi connectivity index (χ1n) is 10.8. The molecule has 8 nitrogen and oxygen atoms in total. The molecular formula is C23H31N3O5. The number of anilines is 1. The zero-order valence-electron chi connectivity index (χ0n) is 18.2. The van der Waals surface area contributed by atoms with Gasteiger partial charge in [-0.25, -0.2) is 9.59 Å². The van der Waals surface area contributed by atoms with Crippen molar-refractivity contribution in [1.29, 1.82) is 0 Å². The van der Waals surface area contributed by atoms with Gasteiger partial charge in [-0.05, 0) is 50.4 Å². The molecule has 2 heterocycles. The van der Waals surface area contributed by atoms with Crippen molar-refractivity contribution >= 4 is 34.4 Å². The number of aliphatic carboxylic acids is 2. The summed E-state index contributed by atoms with van der Waals surface area (Å²) in [5.74, 6) is -3.56. The summed E-state index contributed by atoms with van der Waals surface area (Å²) in [7, 11) is 0. The summed E-state index contributed by atoms with van der Waals surface area (Å²) in [4.78, 5) is 38.0. The van der Waals surface area contributed by atoms with Gasteiger partial charge in [0.25, 0.3) is 0 Å². The third-order valence-electron chi connectivity index (χ3n) is 5.18. The highest BCUT2D eigenvalue weighted by Crippen LogP contribution is 2.30. The molecule has 2 aromatic rings. The third kappa shape index (κ3) is 7.03. The van der Waals surface area contributed by atoms with Crippen LogP contribution in [0.2, 0.25) is 0 Å². The molecule has 168 valence electrons. The number of carboxylic acid groups (broad SMARTS) is 2. The summed E-state index contributed by atoms with van der Waals surface area (Å²) in [5.41, 5.74) is 4.25. The first-order valence-corrected chi connectivity index (χ1v) is 10.8. The van der Waals surface area contributed by atoms with E-state index in [4.69, 9.17) is 24.8 Å². The lowest BCUT2D eigenvalue weighted by molar-refractivity contribution is -0.159. The first-order chi connectivity index (χ1) is 14.9. The number of aromatic nitrogens is 1. The number of nitrogens with zero attached hydrogens (tertiary/aromatic N) is 2. The fraction of sp³-hybridized carbons (Fsp3) is 0.478. The molecule has 0 saturated carbocycles. The van der Waals surface area contributed by atoms with E-state index in [1.54, 1.807) is 0 Å². The van der Waals surface area contributed by atoms with E-state index in [2.05, 4.69) is 30.1 Å². The van der Waals surface area contributed by atoms with E-state index in [1.165, 1.54) is 24.8 Å². The minimum absolute atomic E-state index is 0.0930. The number of amides is 1. The van der Waals surface area contributed by atoms with Crippen molar-refractivity contribution in [2.45, 2.75) is 52.4 Å². The standard InChI is InChI=1S/C21H29N3O.C2H2O4/c1-3-10-18-16(4-2)21(17-11-6-7-12-19(17)22-18)23-20(25)15-24-13-8-5-9-14-24;3-1(4)2(5)6/h6-7,11-12H,3-5,8-10,13-15H2,1-2H3,(H,22,23,25);(H,3,4)(H,5,6). The van der Waals surface area contributed by atoms with Gasteiger partial charge in [0, 0.05) is 11.1 Å². The normalized spacial score (nSPS) is 13.9. The zero-order chi connectivity index (χ0) is 22.8. The minimum Gasteiger partial charge on any atom is -0.473 e. The Morgan fingerprint density at radius 3 is 2.26 bits per heavy atom. The van der Waals surface area contributed by atoms with Gasteiger partial charge in [0.15, 0.2) is 0 Å². The quantitative estimate of drug-likeness (QED) is 0.603. The van der Waals surface area contributed by atoms with Crippen LogP contribution in [-0.2, 0) is 27.2 Å². The minimum atomic E-state index is -1.82. The summed E-state index contributed by atoms with van der Waals surface area (Å²) >= 11 is 0. The Hall–Kier alpha value is -3.00. The maximum Gasteiger partial charge on any atom is 0.414 e. The number of likely N-dealkylation sites (tertiary alicyclic amines) is 1. The van der Waals surface area contributed by atoms with E-state index in [9.17, 15) is 4.79 Å². The monoisotopic (exact) mass is 429 g/mol. The Balaban J connectivity index is 0.000000501. The zero-order valence-corrected chi connectivity index (χ0v) is 18.2. The molecule has 31 heavy (non-hydrogen) atoms. The van der Waals surface area contributed by atoms with Gasteiger partial charge in [0.2, 0.25) is 5.91 Å². The highest BCUT2D eigenvalue weighted by molar-refractivity contribution is 6.27. The maximum absolute atomic E-state index is 12.7. The van der Waals surface area contributed by atoms with Gasteiger partial charge >= 0.3 is 11.9 Å². The largest absolute Gasteiger partial charge is 0.473 e. The predicted octanol–water partition coefficient (Wildman–Crippen LogP) is 3.33. The second kappa shape index (κ2) is 12.0. The van der Waals surface area contributed by atoms with Crippen LogP contribution in [0.4, 0.5) is 5.69 Å². The third-order valence-corrected chi connectivity index (χ3v) is 5.18. The van der Waals surface area contributed by atoms with Crippen LogP contribution in [0.25, 0.3) is 10.9 Å². The Morgan fingerprint density at radius 2 is 1.68 bits per heavy atom. The van der Waals surface area contributed by atoms with Gasteiger partial charge in [-0.15, -0.1) is 0 Å². The van der Waals surface area contributed by atoms with Gasteiger partial charge in [-0.1, -0.05) is 44.9 Å². The number of aryl methyl sites for hydroxylation is 1. The number of piperidine rings is 1. The highest BCUT2D eigenvalue weighted by Gasteiger charge is 2.18. The number of rotatable bonds is 6. The predicted molar refractivity (Wildman–Crippen MR) is 119 cm³/mol. The van der Waals surface area contributed by atoms with Crippen LogP contribution in [0.15, 0.2) is 24.3 Å². The summed E-state index contributed by atoms with van der Waals surface area (Å²) in [6.45, 7) is 6.87. The number of nitrogens with one attached hydrogen (secondary N) is 1. The number of fused-ring (bicyclic) bond motifs is 1. The van der Waals surface area contributed by atoms with Crippen molar-refractivity contribution in [3.8, 4) is 0 Å². The second-order valence-electron chi connectivity index (χ2n) is 7.53. The molecule has 1 aromatic heterocycles. The molecule has 1 aromatic carbocycles. The van der Waals surface area contributed by atoms with Crippen molar-refractivity contribution in [3.63, 3.8) is 0 Å². The molecule has 1 saturated heterocycles. The average Bonchev–Trinajstić information content (AvgIpc) is 2.75. The molecule has 0 radical (unpaired) electrons. The fourth-order valence-corrected chi connectivity index (χ4v) is 3.77. The Labute approximate surface area is 182 Å². The molecule has 3 N–H and O–H groups in total. The lowest BCUT2D eigenvalue weighted by Crippen LogP contribution is -2.37. The number of carbonyl (C=O) groups excluding carboxylic acids is 1. The Kier molecular flexibility index (Phi) is 9.40. The number of benzene rings is 1. The molecule has 0 unspecified atom stereocenters. The van der Waals surface area contributed by atoms with Gasteiger partial charge in [0.1, 0.15) is 0 Å². The topological polar surface area (TPSA) is 120 Å². The van der Waals surface area contributed by atoms with E-state index in [0.717, 1.165) is 54.6 Å². The highest BCUT2D eigenvalue weighted by atomic mass is 16.4. The fourth-order valence-electron chi connectivity index (χ4n) is 3.77. The Bertz CT molecular complexity index is 911. The van der Waals surface area contributed by atoms with Crippen molar-refractivity contribution in [3.05, 3.63) is 35.5 Å². The molecule has 8 heteroatoms. The van der Waals surface area contributed by atoms with Crippen LogP contribution in [0.5, 0.6) is 0 Å². The number of para-hydroxylation sites is 1. The van der Waals surface area contributed by atoms with Crippen LogP contribution < -0.4 is 5.32 Å². The Morgan fingerprint density at radius 1 is 1.03 bits per heavy atom. The van der Waals surface area contributed by atoms with Crippen molar-refractivity contribution in [2.24, 2.45) is 0 Å². The van der Waals surface area contributed by atoms with Crippen LogP contribution in [-0.4, -0.2) is 57.6 Å². The number of hydrogen-bond donors (Lipinski definition) is 3. The lowest BCUT2D eigenvalue weighted by atomic mass is 10.0. The van der Waals surface area contributed by atoms with Gasteiger partial charge in [-0.3, -0.25) is 14.7 Å². The SMILES string of the molecule is CCCc1nc2ccccc2c(NC(=O)CN2CCCCC2)c1CC.O=C(O)C(=O)O. The van der Waals surface area contributed by atoms with Crippen molar-refractivity contribution in [2.75, 3.05) is 25.0 Å². The smallest absolute Gasteiger partial charge is 0.414 e. The summed E-state index contributed by atoms with van der Waals surface area (Å²) in [6, 6.07) is 8.13. The second-order valence-corrected chi connectivity index (χ2v) is 7.53. The molecule has 3 rings (SSSR count). The molecule has 1 aliphatic heterocycles. The van der Waals surface area contributed by atoms with E-state index >= 15 is 0 Å². The van der Waals surface area contributed by atoms with E-state index in [1.807, 2.05) is 18.2 Å². The van der Waals surface area contributed by atoms with Crippen LogP contribution in [0.1, 0.15) is 50.8 Å². The summed E-state index contributed by atoms with van der Waals surface area (Å²) in [5, 5.41) is 19.1. The van der Waals surface area contributed by atoms with Gasteiger partial charge in [0.05, 0.1) is 17.7 Å². The first kappa shape index (κ1) is 24.3. The number of pyridine rings is 1. The van der Waals surface area contributed by atoms with Crippen LogP contribution in [0.3, 0.4) is 0 Å². The van der Waals surface area contributed by atoms with Crippen LogP contribution in [0, 0.1) is 0 Å². The van der Waals surface area contributed by atoms with Crippen molar-refractivity contribution in [1.82, 2.24) is 9.88 Å². The lowest BCUT2D eigenvalue weighted by Gasteiger charge is -2.26. The van der Waals surface area contributed by atoms with Crippen molar-refractivity contribution < 1.29 is 24.6 Å². The molecule has 0 spiro atoms. The van der Waals surface area contributed by atoms with E-state index in [0.29, 0.717) is 6.54 Å². The molecule has 0 aliphatic carbocycles.